The minimum atomic E-state index is 0.756. The highest BCUT2D eigenvalue weighted by molar-refractivity contribution is 9.10. The summed E-state index contributed by atoms with van der Waals surface area (Å²) in [6, 6.07) is 25.2. The first-order valence-corrected chi connectivity index (χ1v) is 9.67. The molecule has 0 aliphatic carbocycles. The second-order valence-electron chi connectivity index (χ2n) is 6.47. The van der Waals surface area contributed by atoms with Crippen molar-refractivity contribution in [1.82, 2.24) is 4.90 Å². The summed E-state index contributed by atoms with van der Waals surface area (Å²) < 4.78 is 1.09. The Morgan fingerprint density at radius 2 is 1.27 bits per heavy atom. The molecule has 0 heterocycles. The van der Waals surface area contributed by atoms with Gasteiger partial charge in [0.2, 0.25) is 0 Å². The van der Waals surface area contributed by atoms with Crippen LogP contribution in [0.3, 0.4) is 0 Å². The zero-order valence-electron chi connectivity index (χ0n) is 14.9. The Morgan fingerprint density at radius 1 is 0.808 bits per heavy atom. The van der Waals surface area contributed by atoms with Crippen LogP contribution in [0.5, 0.6) is 0 Å². The van der Waals surface area contributed by atoms with Gasteiger partial charge in [-0.2, -0.15) is 0 Å². The molecule has 3 heteroatoms. The zero-order valence-corrected chi connectivity index (χ0v) is 17.3. The van der Waals surface area contributed by atoms with Crippen molar-refractivity contribution in [3.05, 3.63) is 99.5 Å². The summed E-state index contributed by atoms with van der Waals surface area (Å²) in [6.45, 7) is 0.881. The largest absolute Gasteiger partial charge is 0.306 e. The van der Waals surface area contributed by atoms with Gasteiger partial charge in [0.15, 0.2) is 0 Å². The summed E-state index contributed by atoms with van der Waals surface area (Å²) in [5, 5.41) is 0.756. The summed E-state index contributed by atoms with van der Waals surface area (Å²) in [7, 11) is 4.15. The van der Waals surface area contributed by atoms with Crippen molar-refractivity contribution in [1.29, 1.82) is 0 Å². The van der Waals surface area contributed by atoms with Crippen LogP contribution in [-0.4, -0.2) is 25.5 Å². The van der Waals surface area contributed by atoms with Gasteiger partial charge in [0.1, 0.15) is 0 Å². The fourth-order valence-electron chi connectivity index (χ4n) is 2.79. The quantitative estimate of drug-likeness (QED) is 0.435. The minimum Gasteiger partial charge on any atom is -0.306 e. The van der Waals surface area contributed by atoms with Gasteiger partial charge < -0.3 is 4.90 Å². The van der Waals surface area contributed by atoms with Gasteiger partial charge in [-0.15, -0.1) is 0 Å². The molecule has 0 saturated carbocycles. The summed E-state index contributed by atoms with van der Waals surface area (Å²) in [5.74, 6) is 0. The number of likely N-dealkylation sites (N-methyl/N-ethyl adjacent to an activating group) is 1. The van der Waals surface area contributed by atoms with Crippen LogP contribution in [0.25, 0.3) is 16.7 Å². The van der Waals surface area contributed by atoms with Crippen molar-refractivity contribution in [2.75, 3.05) is 20.6 Å². The van der Waals surface area contributed by atoms with E-state index in [-0.39, 0.29) is 0 Å². The molecule has 26 heavy (non-hydrogen) atoms. The lowest BCUT2D eigenvalue weighted by Gasteiger charge is -2.13. The van der Waals surface area contributed by atoms with Crippen LogP contribution < -0.4 is 0 Å². The standard InChI is InChI=1S/C23H21BrClN/c1-26(2)16-15-23(20-9-13-22(25)14-10-20)19-5-3-17(4-6-19)18-7-11-21(24)12-8-18/h3-15H,16H2,1-2H3/b23-15+. The average Bonchev–Trinajstić information content (AvgIpc) is 2.64. The van der Waals surface area contributed by atoms with E-state index in [1.165, 1.54) is 27.8 Å². The molecular formula is C23H21BrClN. The molecule has 0 fully saturated rings. The number of benzene rings is 3. The van der Waals surface area contributed by atoms with Crippen LogP contribution in [0.1, 0.15) is 11.1 Å². The first-order chi connectivity index (χ1) is 12.5. The number of halogens is 2. The zero-order chi connectivity index (χ0) is 18.5. The topological polar surface area (TPSA) is 3.24 Å². The number of nitrogens with zero attached hydrogens (tertiary/aromatic N) is 1. The van der Waals surface area contributed by atoms with E-state index in [0.717, 1.165) is 16.0 Å². The van der Waals surface area contributed by atoms with Crippen LogP contribution in [0.15, 0.2) is 83.3 Å². The number of hydrogen-bond acceptors (Lipinski definition) is 1. The maximum atomic E-state index is 6.06. The highest BCUT2D eigenvalue weighted by atomic mass is 79.9. The second kappa shape index (κ2) is 8.68. The third-order valence-electron chi connectivity index (χ3n) is 4.19. The molecule has 3 aromatic carbocycles. The molecule has 0 atom stereocenters. The van der Waals surface area contributed by atoms with E-state index in [1.54, 1.807) is 0 Å². The van der Waals surface area contributed by atoms with Gasteiger partial charge in [0.25, 0.3) is 0 Å². The maximum Gasteiger partial charge on any atom is 0.0406 e. The van der Waals surface area contributed by atoms with Gasteiger partial charge in [-0.3, -0.25) is 0 Å². The Kier molecular flexibility index (Phi) is 6.31. The molecule has 3 aromatic rings. The lowest BCUT2D eigenvalue weighted by Crippen LogP contribution is -2.11. The summed E-state index contributed by atoms with van der Waals surface area (Å²) in [4.78, 5) is 2.16. The minimum absolute atomic E-state index is 0.756. The van der Waals surface area contributed by atoms with E-state index >= 15 is 0 Å². The molecule has 0 saturated heterocycles. The predicted octanol–water partition coefficient (Wildman–Crippen LogP) is 6.76. The molecule has 0 aliphatic heterocycles. The summed E-state index contributed by atoms with van der Waals surface area (Å²) in [6.07, 6.45) is 2.26. The molecule has 0 aromatic heterocycles. The molecule has 0 amide bonds. The van der Waals surface area contributed by atoms with Crippen molar-refractivity contribution >= 4 is 33.1 Å². The Morgan fingerprint density at radius 3 is 1.77 bits per heavy atom. The van der Waals surface area contributed by atoms with Crippen molar-refractivity contribution in [3.8, 4) is 11.1 Å². The Hall–Kier alpha value is -1.87. The third-order valence-corrected chi connectivity index (χ3v) is 4.97. The normalized spacial score (nSPS) is 11.8. The lowest BCUT2D eigenvalue weighted by molar-refractivity contribution is 0.457. The average molecular weight is 427 g/mol. The van der Waals surface area contributed by atoms with E-state index in [0.29, 0.717) is 0 Å². The second-order valence-corrected chi connectivity index (χ2v) is 7.82. The molecule has 3 rings (SSSR count). The van der Waals surface area contributed by atoms with Crippen LogP contribution in [0.2, 0.25) is 5.02 Å². The summed E-state index contributed by atoms with van der Waals surface area (Å²) in [5.41, 5.74) is 6.02. The molecule has 1 nitrogen and oxygen atoms in total. The molecular weight excluding hydrogens is 406 g/mol. The van der Waals surface area contributed by atoms with E-state index in [2.05, 4.69) is 102 Å². The van der Waals surface area contributed by atoms with Crippen molar-refractivity contribution in [2.24, 2.45) is 0 Å². The first kappa shape index (κ1) is 18.9. The molecule has 132 valence electrons. The molecule has 0 aliphatic rings. The smallest absolute Gasteiger partial charge is 0.0406 e. The van der Waals surface area contributed by atoms with E-state index in [1.807, 2.05) is 12.1 Å². The number of hydrogen-bond donors (Lipinski definition) is 0. The van der Waals surface area contributed by atoms with Crippen LogP contribution in [0, 0.1) is 0 Å². The molecule has 0 N–H and O–H groups in total. The van der Waals surface area contributed by atoms with Crippen molar-refractivity contribution in [3.63, 3.8) is 0 Å². The fourth-order valence-corrected chi connectivity index (χ4v) is 3.18. The predicted molar refractivity (Wildman–Crippen MR) is 117 cm³/mol. The van der Waals surface area contributed by atoms with Gasteiger partial charge in [-0.05, 0) is 66.2 Å². The first-order valence-electron chi connectivity index (χ1n) is 8.50. The van der Waals surface area contributed by atoms with Crippen LogP contribution in [-0.2, 0) is 0 Å². The maximum absolute atomic E-state index is 6.06. The van der Waals surface area contributed by atoms with Gasteiger partial charge in [0, 0.05) is 16.0 Å². The van der Waals surface area contributed by atoms with E-state index in [9.17, 15) is 0 Å². The molecule has 0 radical (unpaired) electrons. The summed E-state index contributed by atoms with van der Waals surface area (Å²) >= 11 is 9.55. The molecule has 0 bridgehead atoms. The van der Waals surface area contributed by atoms with Gasteiger partial charge in [0.05, 0.1) is 0 Å². The van der Waals surface area contributed by atoms with Gasteiger partial charge in [-0.1, -0.05) is 82.1 Å². The third kappa shape index (κ3) is 4.85. The van der Waals surface area contributed by atoms with Crippen molar-refractivity contribution < 1.29 is 0 Å². The van der Waals surface area contributed by atoms with Crippen LogP contribution >= 0.6 is 27.5 Å². The van der Waals surface area contributed by atoms with E-state index in [4.69, 9.17) is 11.6 Å². The Labute approximate surface area is 169 Å². The lowest BCUT2D eigenvalue weighted by atomic mass is 9.95. The molecule has 0 spiro atoms. The van der Waals surface area contributed by atoms with Gasteiger partial charge in [-0.25, -0.2) is 0 Å². The van der Waals surface area contributed by atoms with Crippen LogP contribution in [0.4, 0.5) is 0 Å². The monoisotopic (exact) mass is 425 g/mol. The molecule has 0 unspecified atom stereocenters. The van der Waals surface area contributed by atoms with Crippen molar-refractivity contribution in [2.45, 2.75) is 0 Å². The number of rotatable bonds is 5. The highest BCUT2D eigenvalue weighted by Gasteiger charge is 2.07. The highest BCUT2D eigenvalue weighted by Crippen LogP contribution is 2.28. The van der Waals surface area contributed by atoms with E-state index < -0.39 is 0 Å². The Balaban J connectivity index is 1.94. The Bertz CT molecular complexity index is 879. The fraction of sp³-hybridized carbons (Fsp3) is 0.130. The van der Waals surface area contributed by atoms with Gasteiger partial charge >= 0.3 is 0 Å². The SMILES string of the molecule is CN(C)C/C=C(/c1ccc(Cl)cc1)c1ccc(-c2ccc(Br)cc2)cc1.